The highest BCUT2D eigenvalue weighted by molar-refractivity contribution is 7.17. The summed E-state index contributed by atoms with van der Waals surface area (Å²) < 4.78 is 1.09. The van der Waals surface area contributed by atoms with Crippen molar-refractivity contribution < 1.29 is 4.79 Å². The maximum absolute atomic E-state index is 10.7. The van der Waals surface area contributed by atoms with Crippen molar-refractivity contribution in [1.29, 1.82) is 0 Å². The third kappa shape index (κ3) is 1.45. The first-order valence-electron chi connectivity index (χ1n) is 4.41. The van der Waals surface area contributed by atoms with Crippen LogP contribution in [-0.4, -0.2) is 6.29 Å². The van der Waals surface area contributed by atoms with Gasteiger partial charge in [-0.2, -0.15) is 0 Å². The standard InChI is InChI=1S/C11H9ClOS/c1-2-7-3-9(12)11-8(5-13)6-14-10(11)4-7/h3-6H,2H2,1H3. The third-order valence-corrected chi connectivity index (χ3v) is 3.50. The van der Waals surface area contributed by atoms with Crippen LogP contribution in [0.15, 0.2) is 17.5 Å². The minimum atomic E-state index is 0.683. The summed E-state index contributed by atoms with van der Waals surface area (Å²) in [5, 5.41) is 3.43. The molecule has 0 atom stereocenters. The number of fused-ring (bicyclic) bond motifs is 1. The molecule has 3 heteroatoms. The van der Waals surface area contributed by atoms with E-state index in [2.05, 4.69) is 13.0 Å². The molecule has 2 rings (SSSR count). The van der Waals surface area contributed by atoms with Crippen molar-refractivity contribution in [3.63, 3.8) is 0 Å². The van der Waals surface area contributed by atoms with Crippen molar-refractivity contribution in [2.75, 3.05) is 0 Å². The van der Waals surface area contributed by atoms with E-state index < -0.39 is 0 Å². The fourth-order valence-corrected chi connectivity index (χ4v) is 2.88. The first-order chi connectivity index (χ1) is 6.76. The first-order valence-corrected chi connectivity index (χ1v) is 5.66. The van der Waals surface area contributed by atoms with Crippen LogP contribution in [0.25, 0.3) is 10.1 Å². The summed E-state index contributed by atoms with van der Waals surface area (Å²) in [5.74, 6) is 0. The third-order valence-electron chi connectivity index (χ3n) is 2.25. The largest absolute Gasteiger partial charge is 0.298 e. The monoisotopic (exact) mass is 224 g/mol. The molecular weight excluding hydrogens is 216 g/mol. The number of benzene rings is 1. The van der Waals surface area contributed by atoms with E-state index in [1.54, 1.807) is 11.3 Å². The van der Waals surface area contributed by atoms with Gasteiger partial charge in [-0.25, -0.2) is 0 Å². The summed E-state index contributed by atoms with van der Waals surface area (Å²) in [6, 6.07) is 4.03. The molecule has 0 N–H and O–H groups in total. The van der Waals surface area contributed by atoms with E-state index in [0.717, 1.165) is 22.8 Å². The molecule has 0 saturated heterocycles. The van der Waals surface area contributed by atoms with Gasteiger partial charge in [-0.05, 0) is 24.1 Å². The van der Waals surface area contributed by atoms with Gasteiger partial charge in [-0.3, -0.25) is 4.79 Å². The Kier molecular flexibility index (Phi) is 2.57. The molecule has 72 valence electrons. The molecule has 0 bridgehead atoms. The van der Waals surface area contributed by atoms with Crippen LogP contribution in [0.1, 0.15) is 22.8 Å². The molecule has 0 fully saturated rings. The van der Waals surface area contributed by atoms with Crippen LogP contribution in [0.4, 0.5) is 0 Å². The van der Waals surface area contributed by atoms with E-state index in [0.29, 0.717) is 10.6 Å². The fourth-order valence-electron chi connectivity index (χ4n) is 1.48. The summed E-state index contributed by atoms with van der Waals surface area (Å²) in [7, 11) is 0. The number of halogens is 1. The van der Waals surface area contributed by atoms with Crippen LogP contribution in [-0.2, 0) is 6.42 Å². The SMILES string of the molecule is CCc1cc(Cl)c2c(C=O)csc2c1. The molecule has 0 saturated carbocycles. The molecule has 0 aliphatic heterocycles. The molecule has 0 spiro atoms. The molecule has 0 aliphatic carbocycles. The Bertz CT molecular complexity index is 487. The van der Waals surface area contributed by atoms with Crippen molar-refractivity contribution in [3.8, 4) is 0 Å². The Labute approximate surface area is 91.3 Å². The van der Waals surface area contributed by atoms with E-state index in [9.17, 15) is 4.79 Å². The van der Waals surface area contributed by atoms with Crippen LogP contribution in [0.3, 0.4) is 0 Å². The lowest BCUT2D eigenvalue weighted by molar-refractivity contribution is 0.112. The normalized spacial score (nSPS) is 10.7. The molecule has 2 aromatic rings. The van der Waals surface area contributed by atoms with Crippen LogP contribution >= 0.6 is 22.9 Å². The zero-order chi connectivity index (χ0) is 10.1. The topological polar surface area (TPSA) is 17.1 Å². The number of aldehydes is 1. The molecule has 0 unspecified atom stereocenters. The Morgan fingerprint density at radius 1 is 1.50 bits per heavy atom. The number of carbonyl (C=O) groups excluding carboxylic acids is 1. The first kappa shape index (κ1) is 9.69. The lowest BCUT2D eigenvalue weighted by atomic mass is 10.1. The van der Waals surface area contributed by atoms with Crippen molar-refractivity contribution in [2.24, 2.45) is 0 Å². The fraction of sp³-hybridized carbons (Fsp3) is 0.182. The number of carbonyl (C=O) groups is 1. The van der Waals surface area contributed by atoms with Crippen LogP contribution in [0, 0.1) is 0 Å². The van der Waals surface area contributed by atoms with Gasteiger partial charge in [0.05, 0.1) is 5.02 Å². The van der Waals surface area contributed by atoms with Gasteiger partial charge in [-0.15, -0.1) is 11.3 Å². The van der Waals surface area contributed by atoms with E-state index in [1.165, 1.54) is 5.56 Å². The molecule has 1 aromatic carbocycles. The maximum Gasteiger partial charge on any atom is 0.151 e. The van der Waals surface area contributed by atoms with Crippen molar-refractivity contribution in [2.45, 2.75) is 13.3 Å². The molecule has 1 heterocycles. The number of thiophene rings is 1. The van der Waals surface area contributed by atoms with E-state index in [1.807, 2.05) is 11.4 Å². The van der Waals surface area contributed by atoms with Gasteiger partial charge in [0.2, 0.25) is 0 Å². The molecule has 14 heavy (non-hydrogen) atoms. The highest BCUT2D eigenvalue weighted by atomic mass is 35.5. The van der Waals surface area contributed by atoms with E-state index in [-0.39, 0.29) is 0 Å². The predicted molar refractivity (Wildman–Crippen MR) is 61.6 cm³/mol. The summed E-state index contributed by atoms with van der Waals surface area (Å²) in [5.41, 5.74) is 1.90. The summed E-state index contributed by atoms with van der Waals surface area (Å²) in [4.78, 5) is 10.7. The van der Waals surface area contributed by atoms with E-state index in [4.69, 9.17) is 11.6 Å². The Hall–Kier alpha value is -0.860. The number of hydrogen-bond acceptors (Lipinski definition) is 2. The highest BCUT2D eigenvalue weighted by Crippen LogP contribution is 2.32. The van der Waals surface area contributed by atoms with Gasteiger partial charge >= 0.3 is 0 Å². The van der Waals surface area contributed by atoms with Gasteiger partial charge in [0.15, 0.2) is 6.29 Å². The molecule has 0 aliphatic rings. The minimum absolute atomic E-state index is 0.683. The zero-order valence-corrected chi connectivity index (χ0v) is 9.28. The quantitative estimate of drug-likeness (QED) is 0.707. The molecular formula is C11H9ClOS. The highest BCUT2D eigenvalue weighted by Gasteiger charge is 2.08. The lowest BCUT2D eigenvalue weighted by Gasteiger charge is -2.00. The van der Waals surface area contributed by atoms with Crippen molar-refractivity contribution in [1.82, 2.24) is 0 Å². The molecule has 1 nitrogen and oxygen atoms in total. The summed E-state index contributed by atoms with van der Waals surface area (Å²) in [6.45, 7) is 2.09. The van der Waals surface area contributed by atoms with Gasteiger partial charge < -0.3 is 0 Å². The summed E-state index contributed by atoms with van der Waals surface area (Å²) >= 11 is 7.68. The van der Waals surface area contributed by atoms with Gasteiger partial charge in [0, 0.05) is 21.0 Å². The second kappa shape index (κ2) is 3.71. The van der Waals surface area contributed by atoms with Crippen LogP contribution in [0.2, 0.25) is 5.02 Å². The second-order valence-electron chi connectivity index (χ2n) is 3.11. The Balaban J connectivity index is 2.78. The number of rotatable bonds is 2. The molecule has 0 amide bonds. The van der Waals surface area contributed by atoms with Gasteiger partial charge in [0.1, 0.15) is 0 Å². The summed E-state index contributed by atoms with van der Waals surface area (Å²) in [6.07, 6.45) is 1.82. The maximum atomic E-state index is 10.7. The van der Waals surface area contributed by atoms with E-state index >= 15 is 0 Å². The molecule has 0 radical (unpaired) electrons. The smallest absolute Gasteiger partial charge is 0.151 e. The number of aryl methyl sites for hydroxylation is 1. The Morgan fingerprint density at radius 2 is 2.29 bits per heavy atom. The number of hydrogen-bond donors (Lipinski definition) is 0. The van der Waals surface area contributed by atoms with Crippen molar-refractivity contribution in [3.05, 3.63) is 33.7 Å². The second-order valence-corrected chi connectivity index (χ2v) is 4.43. The Morgan fingerprint density at radius 3 is 2.93 bits per heavy atom. The van der Waals surface area contributed by atoms with Crippen molar-refractivity contribution >= 4 is 39.3 Å². The average molecular weight is 225 g/mol. The predicted octanol–water partition coefficient (Wildman–Crippen LogP) is 3.93. The average Bonchev–Trinajstić information content (AvgIpc) is 2.61. The molecule has 1 aromatic heterocycles. The minimum Gasteiger partial charge on any atom is -0.298 e. The van der Waals surface area contributed by atoms with Crippen LogP contribution in [0.5, 0.6) is 0 Å². The van der Waals surface area contributed by atoms with Gasteiger partial charge in [0.25, 0.3) is 0 Å². The van der Waals surface area contributed by atoms with Crippen LogP contribution < -0.4 is 0 Å². The lowest BCUT2D eigenvalue weighted by Crippen LogP contribution is -1.81. The zero-order valence-electron chi connectivity index (χ0n) is 7.71. The van der Waals surface area contributed by atoms with Gasteiger partial charge in [-0.1, -0.05) is 18.5 Å².